The van der Waals surface area contributed by atoms with Crippen LogP contribution in [0.3, 0.4) is 0 Å². The second-order valence-corrected chi connectivity index (χ2v) is 8.22. The van der Waals surface area contributed by atoms with E-state index in [0.29, 0.717) is 36.7 Å². The van der Waals surface area contributed by atoms with Gasteiger partial charge in [-0.25, -0.2) is 8.42 Å². The number of hydrogen-bond acceptors (Lipinski definition) is 5. The molecule has 0 radical (unpaired) electrons. The zero-order valence-corrected chi connectivity index (χ0v) is 14.6. The van der Waals surface area contributed by atoms with Gasteiger partial charge in [-0.1, -0.05) is 24.3 Å². The smallest absolute Gasteiger partial charge is 0.243 e. The Morgan fingerprint density at radius 3 is 2.64 bits per heavy atom. The molecule has 0 aromatic heterocycles. The highest BCUT2D eigenvalue weighted by atomic mass is 32.2. The first-order valence-corrected chi connectivity index (χ1v) is 9.56. The maximum Gasteiger partial charge on any atom is 0.243 e. The Hall–Kier alpha value is -2.09. The first-order valence-electron chi connectivity index (χ1n) is 8.12. The maximum atomic E-state index is 12.8. The summed E-state index contributed by atoms with van der Waals surface area (Å²) in [6, 6.07) is 11.6. The molecular formula is C18H19NO5S. The summed E-state index contributed by atoms with van der Waals surface area (Å²) in [5, 5.41) is 10.8. The largest absolute Gasteiger partial charge is 0.486 e. The van der Waals surface area contributed by atoms with Gasteiger partial charge in [0.15, 0.2) is 11.5 Å². The van der Waals surface area contributed by atoms with Gasteiger partial charge in [0.2, 0.25) is 10.0 Å². The summed E-state index contributed by atoms with van der Waals surface area (Å²) >= 11 is 0. The SMILES string of the molecule is CN1[C@@H](Cc2ccc3c(c2)OCCO3)[C@@H](O)c2ccccc2S1(=O)=O. The van der Waals surface area contributed by atoms with Crippen molar-refractivity contribution >= 4 is 10.0 Å². The minimum absolute atomic E-state index is 0.170. The molecule has 0 bridgehead atoms. The van der Waals surface area contributed by atoms with E-state index in [1.165, 1.54) is 17.4 Å². The van der Waals surface area contributed by atoms with E-state index >= 15 is 0 Å². The quantitative estimate of drug-likeness (QED) is 0.882. The molecule has 0 saturated heterocycles. The van der Waals surface area contributed by atoms with Crippen molar-refractivity contribution in [2.75, 3.05) is 20.3 Å². The van der Waals surface area contributed by atoms with Gasteiger partial charge in [-0.15, -0.1) is 0 Å². The van der Waals surface area contributed by atoms with Crippen molar-refractivity contribution in [2.45, 2.75) is 23.5 Å². The van der Waals surface area contributed by atoms with Crippen LogP contribution in [0.1, 0.15) is 17.2 Å². The predicted octanol–water partition coefficient (Wildman–Crippen LogP) is 1.74. The summed E-state index contributed by atoms with van der Waals surface area (Å²) in [5.41, 5.74) is 1.33. The zero-order valence-electron chi connectivity index (χ0n) is 13.8. The van der Waals surface area contributed by atoms with Crippen LogP contribution >= 0.6 is 0 Å². The number of ether oxygens (including phenoxy) is 2. The Bertz CT molecular complexity index is 911. The third kappa shape index (κ3) is 2.68. The Labute approximate surface area is 146 Å². The fourth-order valence-electron chi connectivity index (χ4n) is 3.40. The molecule has 4 rings (SSSR count). The number of aliphatic hydroxyl groups excluding tert-OH is 1. The number of benzene rings is 2. The maximum absolute atomic E-state index is 12.8. The van der Waals surface area contributed by atoms with E-state index in [0.717, 1.165) is 5.56 Å². The number of hydrogen-bond donors (Lipinski definition) is 1. The molecule has 2 atom stereocenters. The van der Waals surface area contributed by atoms with Gasteiger partial charge in [-0.05, 0) is 30.2 Å². The van der Waals surface area contributed by atoms with E-state index in [4.69, 9.17) is 9.47 Å². The molecule has 1 N–H and O–H groups in total. The van der Waals surface area contributed by atoms with Gasteiger partial charge in [0.25, 0.3) is 0 Å². The molecule has 2 heterocycles. The molecule has 0 fully saturated rings. The Kier molecular flexibility index (Phi) is 3.94. The lowest BCUT2D eigenvalue weighted by Gasteiger charge is -2.37. The van der Waals surface area contributed by atoms with Crippen molar-refractivity contribution in [3.8, 4) is 11.5 Å². The van der Waals surface area contributed by atoms with Gasteiger partial charge in [0.1, 0.15) is 13.2 Å². The number of rotatable bonds is 2. The summed E-state index contributed by atoms with van der Waals surface area (Å²) in [6.45, 7) is 1.01. The van der Waals surface area contributed by atoms with Crippen LogP contribution in [-0.2, 0) is 16.4 Å². The average Bonchev–Trinajstić information content (AvgIpc) is 2.64. The molecule has 6 nitrogen and oxygen atoms in total. The molecule has 0 saturated carbocycles. The fourth-order valence-corrected chi connectivity index (χ4v) is 4.99. The highest BCUT2D eigenvalue weighted by molar-refractivity contribution is 7.89. The predicted molar refractivity (Wildman–Crippen MR) is 91.3 cm³/mol. The van der Waals surface area contributed by atoms with Crippen LogP contribution in [0.4, 0.5) is 0 Å². The molecule has 0 spiro atoms. The molecule has 2 aromatic rings. The van der Waals surface area contributed by atoms with Crippen LogP contribution < -0.4 is 9.47 Å². The zero-order chi connectivity index (χ0) is 17.6. The van der Waals surface area contributed by atoms with Crippen LogP contribution in [-0.4, -0.2) is 44.1 Å². The molecular weight excluding hydrogens is 342 g/mol. The monoisotopic (exact) mass is 361 g/mol. The fraction of sp³-hybridized carbons (Fsp3) is 0.333. The molecule has 0 unspecified atom stereocenters. The van der Waals surface area contributed by atoms with Crippen LogP contribution in [0, 0.1) is 0 Å². The minimum atomic E-state index is -3.62. The normalized spacial score (nSPS) is 24.6. The first-order chi connectivity index (χ1) is 12.0. The van der Waals surface area contributed by atoms with E-state index < -0.39 is 22.2 Å². The summed E-state index contributed by atoms with van der Waals surface area (Å²) in [6.07, 6.45) is -0.514. The Morgan fingerprint density at radius 2 is 1.84 bits per heavy atom. The topological polar surface area (TPSA) is 76.1 Å². The highest BCUT2D eigenvalue weighted by Crippen LogP contribution is 2.38. The van der Waals surface area contributed by atoms with E-state index in [2.05, 4.69) is 0 Å². The average molecular weight is 361 g/mol. The van der Waals surface area contributed by atoms with Crippen molar-refractivity contribution in [1.82, 2.24) is 4.31 Å². The number of nitrogens with zero attached hydrogens (tertiary/aromatic N) is 1. The molecule has 2 aliphatic heterocycles. The summed E-state index contributed by atoms with van der Waals surface area (Å²) < 4.78 is 37.9. The van der Waals surface area contributed by atoms with Crippen molar-refractivity contribution in [2.24, 2.45) is 0 Å². The second-order valence-electron chi connectivity index (χ2n) is 6.25. The summed E-state index contributed by atoms with van der Waals surface area (Å²) in [7, 11) is -2.11. The molecule has 2 aromatic carbocycles. The number of likely N-dealkylation sites (N-methyl/N-ethyl adjacent to an activating group) is 1. The van der Waals surface area contributed by atoms with E-state index in [1.807, 2.05) is 18.2 Å². The Balaban J connectivity index is 1.69. The lowest BCUT2D eigenvalue weighted by Crippen LogP contribution is -2.46. The minimum Gasteiger partial charge on any atom is -0.486 e. The number of fused-ring (bicyclic) bond motifs is 2. The summed E-state index contributed by atoms with van der Waals surface area (Å²) in [4.78, 5) is 0.170. The van der Waals surface area contributed by atoms with Crippen LogP contribution in [0.25, 0.3) is 0 Å². The van der Waals surface area contributed by atoms with Gasteiger partial charge < -0.3 is 14.6 Å². The highest BCUT2D eigenvalue weighted by Gasteiger charge is 2.41. The van der Waals surface area contributed by atoms with E-state index in [9.17, 15) is 13.5 Å². The van der Waals surface area contributed by atoms with Crippen LogP contribution in [0.5, 0.6) is 11.5 Å². The molecule has 25 heavy (non-hydrogen) atoms. The van der Waals surface area contributed by atoms with Gasteiger partial charge in [0.05, 0.1) is 17.0 Å². The van der Waals surface area contributed by atoms with Crippen LogP contribution in [0.15, 0.2) is 47.4 Å². The number of aliphatic hydroxyl groups is 1. The molecule has 7 heteroatoms. The second kappa shape index (κ2) is 6.01. The lowest BCUT2D eigenvalue weighted by atomic mass is 9.95. The Morgan fingerprint density at radius 1 is 1.12 bits per heavy atom. The standard InChI is InChI=1S/C18H19NO5S/c1-19-14(10-12-6-7-15-16(11-12)24-9-8-23-15)18(20)13-4-2-3-5-17(13)25(19,21)22/h2-7,11,14,18,20H,8-10H2,1H3/t14-,18-/m0/s1. The molecule has 0 aliphatic carbocycles. The molecule has 0 amide bonds. The van der Waals surface area contributed by atoms with Crippen LogP contribution in [0.2, 0.25) is 0 Å². The number of sulfonamides is 1. The van der Waals surface area contributed by atoms with Crippen molar-refractivity contribution in [1.29, 1.82) is 0 Å². The van der Waals surface area contributed by atoms with Crippen molar-refractivity contribution in [3.05, 3.63) is 53.6 Å². The van der Waals surface area contributed by atoms with Crippen molar-refractivity contribution in [3.63, 3.8) is 0 Å². The molecule has 132 valence electrons. The third-order valence-electron chi connectivity index (χ3n) is 4.78. The first kappa shape index (κ1) is 16.4. The lowest BCUT2D eigenvalue weighted by molar-refractivity contribution is 0.0891. The van der Waals surface area contributed by atoms with Gasteiger partial charge in [-0.2, -0.15) is 4.31 Å². The van der Waals surface area contributed by atoms with Gasteiger partial charge >= 0.3 is 0 Å². The third-order valence-corrected chi connectivity index (χ3v) is 6.73. The molecule has 2 aliphatic rings. The van der Waals surface area contributed by atoms with E-state index in [1.54, 1.807) is 18.2 Å². The van der Waals surface area contributed by atoms with Crippen molar-refractivity contribution < 1.29 is 23.0 Å². The summed E-state index contributed by atoms with van der Waals surface area (Å²) in [5.74, 6) is 1.34. The van der Waals surface area contributed by atoms with Gasteiger partial charge in [-0.3, -0.25) is 0 Å². The van der Waals surface area contributed by atoms with E-state index in [-0.39, 0.29) is 4.90 Å². The van der Waals surface area contributed by atoms with Gasteiger partial charge in [0, 0.05) is 12.6 Å².